The smallest absolute Gasteiger partial charge is 0.253 e. The predicted octanol–water partition coefficient (Wildman–Crippen LogP) is 0.975. The van der Waals surface area contributed by atoms with Crippen LogP contribution in [0.25, 0.3) is 0 Å². The summed E-state index contributed by atoms with van der Waals surface area (Å²) in [6.07, 6.45) is 0. The van der Waals surface area contributed by atoms with Gasteiger partial charge in [-0.05, 0) is 30.3 Å². The van der Waals surface area contributed by atoms with E-state index >= 15 is 0 Å². The fourth-order valence-corrected chi connectivity index (χ4v) is 3.35. The van der Waals surface area contributed by atoms with Gasteiger partial charge in [0.05, 0.1) is 18.1 Å². The molecule has 0 spiro atoms. The van der Waals surface area contributed by atoms with Gasteiger partial charge in [-0.3, -0.25) is 0 Å². The van der Waals surface area contributed by atoms with Crippen LogP contribution in [-0.4, -0.2) is 46.3 Å². The molecular formula is C13H20ClN3O3S. The number of hydrazine groups is 1. The van der Waals surface area contributed by atoms with E-state index in [0.29, 0.717) is 37.9 Å². The highest BCUT2D eigenvalue weighted by molar-refractivity contribution is 7.89. The molecule has 21 heavy (non-hydrogen) atoms. The number of benzene rings is 1. The van der Waals surface area contributed by atoms with E-state index in [-0.39, 0.29) is 4.90 Å². The van der Waals surface area contributed by atoms with Gasteiger partial charge in [-0.15, -0.1) is 4.83 Å². The summed E-state index contributed by atoms with van der Waals surface area (Å²) in [6, 6.07) is 4.73. The molecule has 8 heteroatoms. The van der Waals surface area contributed by atoms with Gasteiger partial charge in [0.25, 0.3) is 10.0 Å². The molecule has 0 radical (unpaired) electrons. The minimum Gasteiger partial charge on any atom is -0.379 e. The Morgan fingerprint density at radius 1 is 1.33 bits per heavy atom. The van der Waals surface area contributed by atoms with Crippen LogP contribution in [0.15, 0.2) is 23.1 Å². The molecule has 0 amide bonds. The zero-order valence-corrected chi connectivity index (χ0v) is 13.5. The lowest BCUT2D eigenvalue weighted by atomic mass is 10.2. The second-order valence-electron chi connectivity index (χ2n) is 4.73. The Labute approximate surface area is 130 Å². The molecule has 0 aromatic heterocycles. The van der Waals surface area contributed by atoms with Crippen molar-refractivity contribution in [2.75, 3.05) is 32.8 Å². The number of ether oxygens (including phenoxy) is 1. The molecule has 1 heterocycles. The molecule has 2 N–H and O–H groups in total. The maximum absolute atomic E-state index is 12.4. The third-order valence-electron chi connectivity index (χ3n) is 3.15. The minimum absolute atomic E-state index is 0.214. The molecule has 1 aliphatic heterocycles. The van der Waals surface area contributed by atoms with Crippen LogP contribution in [0.4, 0.5) is 0 Å². The Morgan fingerprint density at radius 2 is 2.05 bits per heavy atom. The van der Waals surface area contributed by atoms with Crippen molar-refractivity contribution in [3.63, 3.8) is 0 Å². The second-order valence-corrected chi connectivity index (χ2v) is 6.80. The van der Waals surface area contributed by atoms with Crippen molar-refractivity contribution >= 4 is 21.6 Å². The van der Waals surface area contributed by atoms with Gasteiger partial charge in [0.2, 0.25) is 0 Å². The predicted molar refractivity (Wildman–Crippen MR) is 81.5 cm³/mol. The van der Waals surface area contributed by atoms with Gasteiger partial charge in [0.15, 0.2) is 0 Å². The molecule has 0 bridgehead atoms. The number of hydrogen-bond acceptors (Lipinski definition) is 5. The van der Waals surface area contributed by atoms with Crippen LogP contribution < -0.4 is 10.1 Å². The van der Waals surface area contributed by atoms with Gasteiger partial charge in [-0.2, -0.15) is 0 Å². The molecule has 1 aromatic rings. The van der Waals surface area contributed by atoms with E-state index < -0.39 is 10.0 Å². The first-order valence-corrected chi connectivity index (χ1v) is 8.73. The molecule has 118 valence electrons. The molecule has 1 saturated heterocycles. The van der Waals surface area contributed by atoms with E-state index in [2.05, 4.69) is 10.1 Å². The van der Waals surface area contributed by atoms with Crippen molar-refractivity contribution in [1.29, 1.82) is 0 Å². The SMILES string of the molecule is CCNCc1cc(S(=O)(=O)NN2CCOCC2)ccc1Cl. The molecular weight excluding hydrogens is 314 g/mol. The van der Waals surface area contributed by atoms with E-state index in [0.717, 1.165) is 12.1 Å². The summed E-state index contributed by atoms with van der Waals surface area (Å²) in [5, 5.41) is 5.35. The first-order valence-electron chi connectivity index (χ1n) is 6.87. The fraction of sp³-hybridized carbons (Fsp3) is 0.538. The molecule has 0 saturated carbocycles. The number of hydrogen-bond donors (Lipinski definition) is 2. The third-order valence-corrected chi connectivity index (χ3v) is 4.90. The zero-order chi connectivity index (χ0) is 15.3. The van der Waals surface area contributed by atoms with E-state index in [1.807, 2.05) is 6.92 Å². The van der Waals surface area contributed by atoms with Crippen LogP contribution >= 0.6 is 11.6 Å². The lowest BCUT2D eigenvalue weighted by molar-refractivity contribution is 0.0272. The number of nitrogens with zero attached hydrogens (tertiary/aromatic N) is 1. The molecule has 2 rings (SSSR count). The highest BCUT2D eigenvalue weighted by Crippen LogP contribution is 2.20. The van der Waals surface area contributed by atoms with E-state index in [1.165, 1.54) is 6.07 Å². The first kappa shape index (κ1) is 16.7. The van der Waals surface area contributed by atoms with E-state index in [4.69, 9.17) is 16.3 Å². The van der Waals surface area contributed by atoms with Crippen LogP contribution in [0.5, 0.6) is 0 Å². The standard InChI is InChI=1S/C13H20ClN3O3S/c1-2-15-10-11-9-12(3-4-13(11)14)21(18,19)16-17-5-7-20-8-6-17/h3-4,9,15-16H,2,5-8,10H2,1H3. The summed E-state index contributed by atoms with van der Waals surface area (Å²) in [7, 11) is -3.59. The Hall–Kier alpha value is -0.700. The van der Waals surface area contributed by atoms with Gasteiger partial charge in [0.1, 0.15) is 0 Å². The summed E-state index contributed by atoms with van der Waals surface area (Å²) >= 11 is 6.09. The lowest BCUT2D eigenvalue weighted by Crippen LogP contribution is -2.48. The first-order chi connectivity index (χ1) is 10.0. The quantitative estimate of drug-likeness (QED) is 0.812. The number of rotatable bonds is 6. The maximum Gasteiger partial charge on any atom is 0.253 e. The maximum atomic E-state index is 12.4. The minimum atomic E-state index is -3.59. The molecule has 1 aliphatic rings. The van der Waals surface area contributed by atoms with Crippen LogP contribution in [0.2, 0.25) is 5.02 Å². The van der Waals surface area contributed by atoms with Crippen molar-refractivity contribution in [2.24, 2.45) is 0 Å². The largest absolute Gasteiger partial charge is 0.379 e. The highest BCUT2D eigenvalue weighted by Gasteiger charge is 2.20. The van der Waals surface area contributed by atoms with Gasteiger partial charge >= 0.3 is 0 Å². The van der Waals surface area contributed by atoms with Crippen molar-refractivity contribution in [1.82, 2.24) is 15.2 Å². The van der Waals surface area contributed by atoms with E-state index in [1.54, 1.807) is 17.1 Å². The molecule has 0 unspecified atom stereocenters. The van der Waals surface area contributed by atoms with Crippen molar-refractivity contribution < 1.29 is 13.2 Å². The Morgan fingerprint density at radius 3 is 2.71 bits per heavy atom. The molecule has 1 fully saturated rings. The van der Waals surface area contributed by atoms with Gasteiger partial charge in [-0.1, -0.05) is 18.5 Å². The van der Waals surface area contributed by atoms with Crippen LogP contribution in [0.3, 0.4) is 0 Å². The monoisotopic (exact) mass is 333 g/mol. The summed E-state index contributed by atoms with van der Waals surface area (Å²) in [4.78, 5) is 2.79. The zero-order valence-electron chi connectivity index (χ0n) is 11.9. The summed E-state index contributed by atoms with van der Waals surface area (Å²) in [6.45, 7) is 5.43. The Kier molecular flexibility index (Phi) is 5.98. The topological polar surface area (TPSA) is 70.7 Å². The lowest BCUT2D eigenvalue weighted by Gasteiger charge is -2.26. The average Bonchev–Trinajstić information content (AvgIpc) is 2.47. The van der Waals surface area contributed by atoms with Gasteiger partial charge in [-0.25, -0.2) is 13.4 Å². The van der Waals surface area contributed by atoms with Gasteiger partial charge < -0.3 is 10.1 Å². The van der Waals surface area contributed by atoms with Crippen molar-refractivity contribution in [3.8, 4) is 0 Å². The fourth-order valence-electron chi connectivity index (χ4n) is 1.99. The van der Waals surface area contributed by atoms with Crippen molar-refractivity contribution in [2.45, 2.75) is 18.4 Å². The summed E-state index contributed by atoms with van der Waals surface area (Å²) in [5.41, 5.74) is 0.767. The van der Waals surface area contributed by atoms with E-state index in [9.17, 15) is 8.42 Å². The van der Waals surface area contributed by atoms with Crippen LogP contribution in [0.1, 0.15) is 12.5 Å². The Balaban J connectivity index is 2.14. The third kappa shape index (κ3) is 4.64. The average molecular weight is 334 g/mol. The molecule has 0 aliphatic carbocycles. The summed E-state index contributed by atoms with van der Waals surface area (Å²) in [5.74, 6) is 0. The normalized spacial score (nSPS) is 17.0. The molecule has 1 aromatic carbocycles. The van der Waals surface area contributed by atoms with Crippen LogP contribution in [0, 0.1) is 0 Å². The molecule has 6 nitrogen and oxygen atoms in total. The number of nitrogens with one attached hydrogen (secondary N) is 2. The van der Waals surface area contributed by atoms with Crippen LogP contribution in [-0.2, 0) is 21.3 Å². The highest BCUT2D eigenvalue weighted by atomic mass is 35.5. The van der Waals surface area contributed by atoms with Gasteiger partial charge in [0, 0.05) is 24.7 Å². The molecule has 0 atom stereocenters. The number of morpholine rings is 1. The number of sulfonamides is 1. The van der Waals surface area contributed by atoms with Crippen molar-refractivity contribution in [3.05, 3.63) is 28.8 Å². The Bertz CT molecular complexity index is 574. The summed E-state index contributed by atoms with van der Waals surface area (Å²) < 4.78 is 30.0. The number of halogens is 1. The second kappa shape index (κ2) is 7.53.